The van der Waals surface area contributed by atoms with Crippen molar-refractivity contribution in [1.82, 2.24) is 15.1 Å². The summed E-state index contributed by atoms with van der Waals surface area (Å²) in [5, 5.41) is 13.8. The molecule has 1 aromatic carbocycles. The number of nitrogens with one attached hydrogen (secondary N) is 1. The van der Waals surface area contributed by atoms with Gasteiger partial charge in [0, 0.05) is 25.7 Å². The molecule has 1 aliphatic rings. The molecule has 2 N–H and O–H groups in total. The van der Waals surface area contributed by atoms with Crippen LogP contribution in [0.2, 0.25) is 0 Å². The number of aliphatic hydroxyl groups is 1. The second-order valence-electron chi connectivity index (χ2n) is 6.73. The second kappa shape index (κ2) is 11.8. The summed E-state index contributed by atoms with van der Waals surface area (Å²) in [7, 11) is 0. The van der Waals surface area contributed by atoms with Crippen molar-refractivity contribution in [1.29, 1.82) is 0 Å². The van der Waals surface area contributed by atoms with E-state index < -0.39 is 6.10 Å². The first-order valence-electron chi connectivity index (χ1n) is 9.60. The highest BCUT2D eigenvalue weighted by Crippen LogP contribution is 2.17. The van der Waals surface area contributed by atoms with Gasteiger partial charge in [0.25, 0.3) is 0 Å². The van der Waals surface area contributed by atoms with Crippen LogP contribution in [0.1, 0.15) is 44.4 Å². The van der Waals surface area contributed by atoms with E-state index in [1.807, 2.05) is 24.3 Å². The molecule has 148 valence electrons. The average Bonchev–Trinajstić information content (AvgIpc) is 3.09. The Kier molecular flexibility index (Phi) is 10.5. The molecule has 1 aliphatic heterocycles. The smallest absolute Gasteiger partial charge is 0.194 e. The van der Waals surface area contributed by atoms with E-state index in [1.54, 1.807) is 0 Å². The molecule has 0 spiro atoms. The second-order valence-corrected chi connectivity index (χ2v) is 6.73. The van der Waals surface area contributed by atoms with E-state index in [1.165, 1.54) is 12.0 Å². The molecule has 0 amide bonds. The molecule has 0 radical (unpaired) electrons. The molecule has 1 aromatic rings. The summed E-state index contributed by atoms with van der Waals surface area (Å²) in [6.07, 6.45) is 0.613. The van der Waals surface area contributed by atoms with Crippen LogP contribution in [0, 0.1) is 6.92 Å². The predicted octanol–water partition coefficient (Wildman–Crippen LogP) is 3.03. The van der Waals surface area contributed by atoms with Crippen LogP contribution in [0.5, 0.6) is 0 Å². The number of benzene rings is 1. The van der Waals surface area contributed by atoms with E-state index in [0.29, 0.717) is 12.6 Å². The first-order valence-corrected chi connectivity index (χ1v) is 9.60. The zero-order valence-corrected chi connectivity index (χ0v) is 18.9. The number of hydrogen-bond acceptors (Lipinski definition) is 3. The van der Waals surface area contributed by atoms with Gasteiger partial charge in [-0.15, -0.1) is 24.0 Å². The maximum absolute atomic E-state index is 10.4. The Morgan fingerprint density at radius 3 is 2.50 bits per heavy atom. The molecule has 26 heavy (non-hydrogen) atoms. The summed E-state index contributed by atoms with van der Waals surface area (Å²) in [5.41, 5.74) is 2.12. The number of aliphatic imine (C=N–C) groups is 1. The number of likely N-dealkylation sites (N-methyl/N-ethyl adjacent to an activating group) is 1. The van der Waals surface area contributed by atoms with Gasteiger partial charge in [-0.2, -0.15) is 0 Å². The molecular formula is C20H35IN4O. The van der Waals surface area contributed by atoms with Gasteiger partial charge < -0.3 is 15.3 Å². The van der Waals surface area contributed by atoms with Gasteiger partial charge in [-0.25, -0.2) is 0 Å². The summed E-state index contributed by atoms with van der Waals surface area (Å²) < 4.78 is 0. The third-order valence-corrected chi connectivity index (χ3v) is 5.00. The highest BCUT2D eigenvalue weighted by molar-refractivity contribution is 14.0. The number of halogens is 1. The zero-order chi connectivity index (χ0) is 18.2. The Bertz CT molecular complexity index is 545. The molecule has 2 atom stereocenters. The van der Waals surface area contributed by atoms with Crippen LogP contribution < -0.4 is 5.32 Å². The minimum Gasteiger partial charge on any atom is -0.386 e. The maximum atomic E-state index is 10.4. The Labute approximate surface area is 175 Å². The van der Waals surface area contributed by atoms with Crippen LogP contribution in [0.4, 0.5) is 0 Å². The molecule has 0 aromatic heterocycles. The number of aliphatic hydroxyl groups excluding tert-OH is 1. The fourth-order valence-electron chi connectivity index (χ4n) is 3.47. The van der Waals surface area contributed by atoms with Gasteiger partial charge in [0.05, 0.1) is 12.6 Å². The van der Waals surface area contributed by atoms with E-state index in [4.69, 9.17) is 4.99 Å². The van der Waals surface area contributed by atoms with Crippen LogP contribution in [0.3, 0.4) is 0 Å². The lowest BCUT2D eigenvalue weighted by Gasteiger charge is -2.27. The standard InChI is InChI=1S/C20H34N4O.HI/c1-5-21-20(24-13-12-18(15-24)23(6-2)7-3)22-14-19(25)17-10-8-16(4)9-11-17;/h8-11,18-19,25H,5-7,12-15H2,1-4H3,(H,21,22);1H. The Hall–Kier alpha value is -0.860. The first kappa shape index (κ1) is 23.2. The zero-order valence-electron chi connectivity index (χ0n) is 16.6. The van der Waals surface area contributed by atoms with Crippen molar-refractivity contribution in [3.8, 4) is 0 Å². The molecule has 5 nitrogen and oxygen atoms in total. The van der Waals surface area contributed by atoms with Crippen molar-refractivity contribution in [2.75, 3.05) is 39.3 Å². The lowest BCUT2D eigenvalue weighted by molar-refractivity contribution is 0.186. The Morgan fingerprint density at radius 2 is 1.92 bits per heavy atom. The Balaban J connectivity index is 0.00000338. The van der Waals surface area contributed by atoms with Crippen LogP contribution in [-0.2, 0) is 0 Å². The third kappa shape index (κ3) is 6.39. The molecule has 6 heteroatoms. The van der Waals surface area contributed by atoms with Crippen LogP contribution in [0.15, 0.2) is 29.3 Å². The van der Waals surface area contributed by atoms with Crippen molar-refractivity contribution < 1.29 is 5.11 Å². The van der Waals surface area contributed by atoms with Gasteiger partial charge in [-0.05, 0) is 38.9 Å². The molecule has 0 saturated carbocycles. The molecule has 1 fully saturated rings. The molecule has 1 heterocycles. The van der Waals surface area contributed by atoms with Crippen molar-refractivity contribution in [2.45, 2.75) is 46.3 Å². The number of aryl methyl sites for hydroxylation is 1. The molecule has 2 rings (SSSR count). The SMILES string of the molecule is CCNC(=NCC(O)c1ccc(C)cc1)N1CCC(N(CC)CC)C1.I. The van der Waals surface area contributed by atoms with E-state index in [-0.39, 0.29) is 24.0 Å². The highest BCUT2D eigenvalue weighted by Gasteiger charge is 2.28. The topological polar surface area (TPSA) is 51.1 Å². The first-order chi connectivity index (χ1) is 12.1. The lowest BCUT2D eigenvalue weighted by Crippen LogP contribution is -2.43. The van der Waals surface area contributed by atoms with Crippen molar-refractivity contribution in [2.24, 2.45) is 4.99 Å². The monoisotopic (exact) mass is 474 g/mol. The number of rotatable bonds is 7. The van der Waals surface area contributed by atoms with Gasteiger partial charge >= 0.3 is 0 Å². The lowest BCUT2D eigenvalue weighted by atomic mass is 10.1. The average molecular weight is 474 g/mol. The van der Waals surface area contributed by atoms with Crippen LogP contribution >= 0.6 is 24.0 Å². The third-order valence-electron chi connectivity index (χ3n) is 5.00. The van der Waals surface area contributed by atoms with E-state index in [9.17, 15) is 5.11 Å². The van der Waals surface area contributed by atoms with Gasteiger partial charge in [0.15, 0.2) is 5.96 Å². The molecular weight excluding hydrogens is 439 g/mol. The molecule has 0 bridgehead atoms. The molecule has 2 unspecified atom stereocenters. The summed E-state index contributed by atoms with van der Waals surface area (Å²) in [4.78, 5) is 9.55. The minimum absolute atomic E-state index is 0. The minimum atomic E-state index is -0.560. The van der Waals surface area contributed by atoms with E-state index in [2.05, 4.69) is 42.8 Å². The fraction of sp³-hybridized carbons (Fsp3) is 0.650. The highest BCUT2D eigenvalue weighted by atomic mass is 127. The van der Waals surface area contributed by atoms with Crippen LogP contribution in [-0.4, -0.2) is 66.2 Å². The number of hydrogen-bond donors (Lipinski definition) is 2. The van der Waals surface area contributed by atoms with Gasteiger partial charge in [-0.1, -0.05) is 43.7 Å². The quantitative estimate of drug-likeness (QED) is 0.363. The normalized spacial score (nSPS) is 18.8. The fourth-order valence-corrected chi connectivity index (χ4v) is 3.47. The van der Waals surface area contributed by atoms with Crippen molar-refractivity contribution in [3.05, 3.63) is 35.4 Å². The summed E-state index contributed by atoms with van der Waals surface area (Å²) >= 11 is 0. The predicted molar refractivity (Wildman–Crippen MR) is 120 cm³/mol. The molecule has 0 aliphatic carbocycles. The van der Waals surface area contributed by atoms with Crippen LogP contribution in [0.25, 0.3) is 0 Å². The maximum Gasteiger partial charge on any atom is 0.194 e. The molecule has 1 saturated heterocycles. The Morgan fingerprint density at radius 1 is 1.27 bits per heavy atom. The van der Waals surface area contributed by atoms with Gasteiger partial charge in [-0.3, -0.25) is 9.89 Å². The largest absolute Gasteiger partial charge is 0.386 e. The summed E-state index contributed by atoms with van der Waals surface area (Å²) in [6, 6.07) is 8.62. The van der Waals surface area contributed by atoms with Crippen molar-refractivity contribution in [3.63, 3.8) is 0 Å². The van der Waals surface area contributed by atoms with Gasteiger partial charge in [0.1, 0.15) is 0 Å². The van der Waals surface area contributed by atoms with E-state index in [0.717, 1.165) is 44.2 Å². The van der Waals surface area contributed by atoms with Crippen molar-refractivity contribution >= 4 is 29.9 Å². The van der Waals surface area contributed by atoms with E-state index >= 15 is 0 Å². The van der Waals surface area contributed by atoms with Gasteiger partial charge in [0.2, 0.25) is 0 Å². The number of likely N-dealkylation sites (tertiary alicyclic amines) is 1. The number of guanidine groups is 1. The number of nitrogens with zero attached hydrogens (tertiary/aromatic N) is 3. The summed E-state index contributed by atoms with van der Waals surface area (Å²) in [5.74, 6) is 0.920. The summed E-state index contributed by atoms with van der Waals surface area (Å²) in [6.45, 7) is 14.0.